The minimum atomic E-state index is -1.26. The molecule has 0 saturated carbocycles. The van der Waals surface area contributed by atoms with Crippen molar-refractivity contribution >= 4 is 11.6 Å². The molecular weight excluding hydrogens is 206 g/mol. The first-order valence-electron chi connectivity index (χ1n) is 3.96. The molecule has 0 aliphatic heterocycles. The van der Waals surface area contributed by atoms with Gasteiger partial charge in [0.2, 0.25) is 0 Å². The first-order valence-corrected chi connectivity index (χ1v) is 4.34. The molecule has 1 aromatic heterocycles. The zero-order chi connectivity index (χ0) is 10.6. The second-order valence-corrected chi connectivity index (χ2v) is 2.97. The van der Waals surface area contributed by atoms with Crippen molar-refractivity contribution in [1.82, 2.24) is 4.98 Å². The number of ether oxygens (including phenoxy) is 3. The second kappa shape index (κ2) is 4.70. The Morgan fingerprint density at radius 2 is 1.71 bits per heavy atom. The van der Waals surface area contributed by atoms with Crippen molar-refractivity contribution in [3.8, 4) is 0 Å². The summed E-state index contributed by atoms with van der Waals surface area (Å²) in [4.78, 5) is 4.06. The number of hydrogen-bond donors (Lipinski definition) is 0. The zero-order valence-corrected chi connectivity index (χ0v) is 9.04. The fourth-order valence-electron chi connectivity index (χ4n) is 1.12. The highest BCUT2D eigenvalue weighted by Crippen LogP contribution is 2.25. The number of nitrogens with zero attached hydrogens (tertiary/aromatic N) is 1. The largest absolute Gasteiger partial charge is 0.329 e. The molecule has 0 amide bonds. The lowest BCUT2D eigenvalue weighted by Gasteiger charge is -2.27. The molecule has 1 heterocycles. The van der Waals surface area contributed by atoms with E-state index in [1.54, 1.807) is 12.1 Å². The van der Waals surface area contributed by atoms with Crippen molar-refractivity contribution < 1.29 is 14.2 Å². The Morgan fingerprint density at radius 3 is 2.07 bits per heavy atom. The van der Waals surface area contributed by atoms with Crippen LogP contribution in [0.5, 0.6) is 0 Å². The molecule has 0 saturated heterocycles. The summed E-state index contributed by atoms with van der Waals surface area (Å²) in [5, 5.41) is 0.547. The Bertz CT molecular complexity index is 276. The number of halogens is 1. The fraction of sp³-hybridized carbons (Fsp3) is 0.444. The molecule has 14 heavy (non-hydrogen) atoms. The van der Waals surface area contributed by atoms with Gasteiger partial charge < -0.3 is 14.2 Å². The van der Waals surface area contributed by atoms with Gasteiger partial charge in [-0.1, -0.05) is 11.6 Å². The van der Waals surface area contributed by atoms with Crippen molar-refractivity contribution in [2.24, 2.45) is 0 Å². The molecule has 0 N–H and O–H groups in total. The molecule has 1 rings (SSSR count). The molecule has 1 aromatic rings. The smallest absolute Gasteiger partial charge is 0.326 e. The van der Waals surface area contributed by atoms with Crippen molar-refractivity contribution in [1.29, 1.82) is 0 Å². The lowest BCUT2D eigenvalue weighted by atomic mass is 10.3. The van der Waals surface area contributed by atoms with Gasteiger partial charge in [-0.3, -0.25) is 4.98 Å². The molecule has 5 heteroatoms. The van der Waals surface area contributed by atoms with Crippen LogP contribution in [0.15, 0.2) is 18.3 Å². The van der Waals surface area contributed by atoms with Gasteiger partial charge in [0.05, 0.1) is 5.02 Å². The quantitative estimate of drug-likeness (QED) is 0.721. The average molecular weight is 218 g/mol. The first-order chi connectivity index (χ1) is 6.68. The molecule has 0 spiro atoms. The molecule has 0 aliphatic carbocycles. The second-order valence-electron chi connectivity index (χ2n) is 2.53. The number of methoxy groups -OCH3 is 3. The lowest BCUT2D eigenvalue weighted by Crippen LogP contribution is -2.33. The van der Waals surface area contributed by atoms with Gasteiger partial charge in [-0.25, -0.2) is 0 Å². The van der Waals surface area contributed by atoms with E-state index in [1.165, 1.54) is 27.5 Å². The van der Waals surface area contributed by atoms with E-state index in [9.17, 15) is 0 Å². The van der Waals surface area contributed by atoms with Gasteiger partial charge in [0.25, 0.3) is 0 Å². The van der Waals surface area contributed by atoms with Crippen LogP contribution in [-0.2, 0) is 20.2 Å². The van der Waals surface area contributed by atoms with E-state index in [4.69, 9.17) is 25.8 Å². The minimum absolute atomic E-state index is 0.509. The zero-order valence-electron chi connectivity index (χ0n) is 8.28. The van der Waals surface area contributed by atoms with Crippen LogP contribution in [-0.4, -0.2) is 26.3 Å². The number of rotatable bonds is 4. The maximum absolute atomic E-state index is 5.71. The van der Waals surface area contributed by atoms with E-state index < -0.39 is 5.97 Å². The molecule has 4 nitrogen and oxygen atoms in total. The van der Waals surface area contributed by atoms with Crippen molar-refractivity contribution in [3.63, 3.8) is 0 Å². The highest BCUT2D eigenvalue weighted by Gasteiger charge is 2.33. The molecule has 0 radical (unpaired) electrons. The van der Waals surface area contributed by atoms with Gasteiger partial charge in [-0.2, -0.15) is 0 Å². The summed E-state index contributed by atoms with van der Waals surface area (Å²) in [5.74, 6) is -1.26. The van der Waals surface area contributed by atoms with E-state index in [1.807, 2.05) is 0 Å². The minimum Gasteiger partial charge on any atom is -0.326 e. The Labute approximate surface area is 87.8 Å². The Morgan fingerprint density at radius 1 is 1.14 bits per heavy atom. The number of pyridine rings is 1. The van der Waals surface area contributed by atoms with Crippen LogP contribution in [0.25, 0.3) is 0 Å². The van der Waals surface area contributed by atoms with Gasteiger partial charge in [0, 0.05) is 27.5 Å². The monoisotopic (exact) mass is 217 g/mol. The molecule has 0 fully saturated rings. The summed E-state index contributed by atoms with van der Waals surface area (Å²) in [6.07, 6.45) is 1.50. The van der Waals surface area contributed by atoms with Gasteiger partial charge in [-0.05, 0) is 12.1 Å². The van der Waals surface area contributed by atoms with Crippen LogP contribution in [0, 0.1) is 0 Å². The molecule has 0 aromatic carbocycles. The van der Waals surface area contributed by atoms with Crippen LogP contribution in [0.1, 0.15) is 5.69 Å². The fourth-order valence-corrected chi connectivity index (χ4v) is 1.23. The summed E-state index contributed by atoms with van der Waals surface area (Å²) in [5.41, 5.74) is 0.509. The van der Waals surface area contributed by atoms with Crippen molar-refractivity contribution in [2.75, 3.05) is 21.3 Å². The van der Waals surface area contributed by atoms with Crippen LogP contribution in [0.2, 0.25) is 5.02 Å². The van der Waals surface area contributed by atoms with Crippen LogP contribution in [0.4, 0.5) is 0 Å². The standard InChI is InChI=1S/C9H12ClNO3/c1-12-9(13-2,14-3)8-5-4-7(10)6-11-8/h4-6H,1-3H3. The first kappa shape index (κ1) is 11.4. The maximum atomic E-state index is 5.71. The third kappa shape index (κ3) is 2.04. The molecule has 0 atom stereocenters. The van der Waals surface area contributed by atoms with Crippen LogP contribution < -0.4 is 0 Å². The van der Waals surface area contributed by atoms with Gasteiger partial charge >= 0.3 is 5.97 Å². The molecule has 0 aliphatic rings. The van der Waals surface area contributed by atoms with Gasteiger partial charge in [-0.15, -0.1) is 0 Å². The predicted octanol–water partition coefficient (Wildman–Crippen LogP) is 1.78. The van der Waals surface area contributed by atoms with Gasteiger partial charge in [0.1, 0.15) is 5.69 Å². The Kier molecular flexibility index (Phi) is 3.83. The summed E-state index contributed by atoms with van der Waals surface area (Å²) in [7, 11) is 4.43. The SMILES string of the molecule is COC(OC)(OC)c1ccc(Cl)cn1. The van der Waals surface area contributed by atoms with Crippen molar-refractivity contribution in [2.45, 2.75) is 5.97 Å². The average Bonchev–Trinajstić information content (AvgIpc) is 2.24. The lowest BCUT2D eigenvalue weighted by molar-refractivity contribution is -0.366. The van der Waals surface area contributed by atoms with E-state index in [-0.39, 0.29) is 0 Å². The van der Waals surface area contributed by atoms with Crippen LogP contribution in [0.3, 0.4) is 0 Å². The normalized spacial score (nSPS) is 11.7. The molecule has 0 bridgehead atoms. The molecular formula is C9H12ClNO3. The summed E-state index contributed by atoms with van der Waals surface area (Å²) < 4.78 is 15.3. The third-order valence-electron chi connectivity index (χ3n) is 1.85. The number of aromatic nitrogens is 1. The molecule has 78 valence electrons. The molecule has 0 unspecified atom stereocenters. The summed E-state index contributed by atoms with van der Waals surface area (Å²) in [6.45, 7) is 0. The van der Waals surface area contributed by atoms with E-state index in [0.717, 1.165) is 0 Å². The Balaban J connectivity index is 3.05. The van der Waals surface area contributed by atoms with E-state index in [0.29, 0.717) is 10.7 Å². The summed E-state index contributed by atoms with van der Waals surface area (Å²) in [6, 6.07) is 3.37. The Hall–Kier alpha value is -0.680. The van der Waals surface area contributed by atoms with E-state index in [2.05, 4.69) is 4.98 Å². The van der Waals surface area contributed by atoms with Gasteiger partial charge in [0.15, 0.2) is 0 Å². The van der Waals surface area contributed by atoms with Crippen LogP contribution >= 0.6 is 11.6 Å². The van der Waals surface area contributed by atoms with E-state index >= 15 is 0 Å². The highest BCUT2D eigenvalue weighted by atomic mass is 35.5. The third-order valence-corrected chi connectivity index (χ3v) is 2.07. The van der Waals surface area contributed by atoms with Crippen molar-refractivity contribution in [3.05, 3.63) is 29.0 Å². The number of hydrogen-bond acceptors (Lipinski definition) is 4. The predicted molar refractivity (Wildman–Crippen MR) is 52.0 cm³/mol. The maximum Gasteiger partial charge on any atom is 0.329 e. The summed E-state index contributed by atoms with van der Waals surface area (Å²) >= 11 is 5.71. The topological polar surface area (TPSA) is 40.6 Å². The highest BCUT2D eigenvalue weighted by molar-refractivity contribution is 6.30.